The number of alkyl halides is 2. The van der Waals surface area contributed by atoms with Crippen LogP contribution in [-0.4, -0.2) is 17.7 Å². The van der Waals surface area contributed by atoms with Crippen molar-refractivity contribution in [3.05, 3.63) is 77.0 Å². The summed E-state index contributed by atoms with van der Waals surface area (Å²) in [6, 6.07) is 14.7. The number of ether oxygens (including phenoxy) is 2. The molecule has 2 N–H and O–H groups in total. The quantitative estimate of drug-likeness (QED) is 0.564. The van der Waals surface area contributed by atoms with Crippen molar-refractivity contribution in [3.8, 4) is 5.75 Å². The van der Waals surface area contributed by atoms with Crippen LogP contribution >= 0.6 is 12.2 Å². The lowest BCUT2D eigenvalue weighted by atomic mass is 9.95. The van der Waals surface area contributed by atoms with Crippen molar-refractivity contribution in [1.82, 2.24) is 10.6 Å². The van der Waals surface area contributed by atoms with E-state index < -0.39 is 18.6 Å². The standard InChI is InChI=1S/C20H18F2N2O3S/c1-12-16(18(25)26-11-13-7-3-2-4-8-13)17(24-20(28)23-12)14-9-5-6-10-15(14)27-19(21)22/h2-10,17,19H,11H2,1H3,(H2,23,24,28)/t17-/m0/s1. The Kier molecular flexibility index (Phi) is 6.20. The van der Waals surface area contributed by atoms with Gasteiger partial charge in [0.25, 0.3) is 0 Å². The zero-order valence-corrected chi connectivity index (χ0v) is 15.8. The first-order valence-corrected chi connectivity index (χ1v) is 8.89. The minimum absolute atomic E-state index is 0.0409. The molecule has 1 heterocycles. The molecule has 0 unspecified atom stereocenters. The molecule has 2 aromatic carbocycles. The van der Waals surface area contributed by atoms with E-state index in [2.05, 4.69) is 15.4 Å². The molecule has 0 saturated carbocycles. The second-order valence-corrected chi connectivity index (χ2v) is 6.46. The average molecular weight is 404 g/mol. The van der Waals surface area contributed by atoms with Gasteiger partial charge in [0.15, 0.2) is 5.11 Å². The van der Waals surface area contributed by atoms with Gasteiger partial charge in [-0.15, -0.1) is 0 Å². The first-order chi connectivity index (χ1) is 13.5. The van der Waals surface area contributed by atoms with E-state index in [0.29, 0.717) is 11.3 Å². The van der Waals surface area contributed by atoms with E-state index in [1.165, 1.54) is 6.07 Å². The van der Waals surface area contributed by atoms with Gasteiger partial charge in [0.05, 0.1) is 11.6 Å². The van der Waals surface area contributed by atoms with E-state index in [-0.39, 0.29) is 23.0 Å². The predicted molar refractivity (Wildman–Crippen MR) is 104 cm³/mol. The fourth-order valence-corrected chi connectivity index (χ4v) is 3.19. The molecule has 2 aromatic rings. The number of hydrogen-bond acceptors (Lipinski definition) is 4. The Morgan fingerprint density at radius 2 is 1.82 bits per heavy atom. The van der Waals surface area contributed by atoms with Crippen LogP contribution in [0.3, 0.4) is 0 Å². The first kappa shape index (κ1) is 19.8. The van der Waals surface area contributed by atoms with Gasteiger partial charge in [0.2, 0.25) is 0 Å². The summed E-state index contributed by atoms with van der Waals surface area (Å²) < 4.78 is 35.7. The molecule has 28 heavy (non-hydrogen) atoms. The molecule has 0 aromatic heterocycles. The van der Waals surface area contributed by atoms with Crippen LogP contribution in [0.5, 0.6) is 5.75 Å². The highest BCUT2D eigenvalue weighted by Gasteiger charge is 2.33. The van der Waals surface area contributed by atoms with Gasteiger partial charge in [-0.2, -0.15) is 8.78 Å². The molecule has 1 aliphatic heterocycles. The van der Waals surface area contributed by atoms with Crippen LogP contribution in [0.15, 0.2) is 65.9 Å². The van der Waals surface area contributed by atoms with E-state index in [0.717, 1.165) is 5.56 Å². The summed E-state index contributed by atoms with van der Waals surface area (Å²) in [6.45, 7) is -1.23. The van der Waals surface area contributed by atoms with Crippen molar-refractivity contribution in [2.75, 3.05) is 0 Å². The second-order valence-electron chi connectivity index (χ2n) is 6.05. The molecule has 0 aliphatic carbocycles. The Bertz CT molecular complexity index is 903. The fraction of sp³-hybridized carbons (Fsp3) is 0.200. The highest BCUT2D eigenvalue weighted by Crippen LogP contribution is 2.34. The van der Waals surface area contributed by atoms with Crippen molar-refractivity contribution in [2.45, 2.75) is 26.2 Å². The molecule has 0 bridgehead atoms. The molecule has 0 spiro atoms. The highest BCUT2D eigenvalue weighted by molar-refractivity contribution is 7.80. The Hall–Kier alpha value is -3.00. The van der Waals surface area contributed by atoms with Crippen LogP contribution in [0, 0.1) is 0 Å². The smallest absolute Gasteiger partial charge is 0.387 e. The number of thiocarbonyl (C=S) groups is 1. The number of nitrogens with one attached hydrogen (secondary N) is 2. The van der Waals surface area contributed by atoms with Gasteiger partial charge in [-0.3, -0.25) is 0 Å². The minimum Gasteiger partial charge on any atom is -0.457 e. The van der Waals surface area contributed by atoms with Crippen molar-refractivity contribution >= 4 is 23.3 Å². The average Bonchev–Trinajstić information content (AvgIpc) is 2.66. The van der Waals surface area contributed by atoms with Gasteiger partial charge in [-0.1, -0.05) is 48.5 Å². The number of carbonyl (C=O) groups is 1. The van der Waals surface area contributed by atoms with E-state index in [4.69, 9.17) is 17.0 Å². The monoisotopic (exact) mass is 404 g/mol. The summed E-state index contributed by atoms with van der Waals surface area (Å²) in [5, 5.41) is 6.09. The van der Waals surface area contributed by atoms with E-state index in [9.17, 15) is 13.6 Å². The zero-order valence-electron chi connectivity index (χ0n) is 14.9. The van der Waals surface area contributed by atoms with Gasteiger partial charge >= 0.3 is 12.6 Å². The van der Waals surface area contributed by atoms with E-state index >= 15 is 0 Å². The summed E-state index contributed by atoms with van der Waals surface area (Å²) in [5.74, 6) is -0.624. The maximum atomic E-state index is 12.8. The van der Waals surface area contributed by atoms with Gasteiger partial charge < -0.3 is 20.1 Å². The van der Waals surface area contributed by atoms with E-state index in [1.54, 1.807) is 25.1 Å². The number of halogens is 2. The van der Waals surface area contributed by atoms with Crippen molar-refractivity contribution in [2.24, 2.45) is 0 Å². The van der Waals surface area contributed by atoms with Crippen molar-refractivity contribution in [1.29, 1.82) is 0 Å². The van der Waals surface area contributed by atoms with Crippen LogP contribution in [0.4, 0.5) is 8.78 Å². The number of carbonyl (C=O) groups excluding carboxylic acids is 1. The molecule has 146 valence electrons. The zero-order chi connectivity index (χ0) is 20.1. The Balaban J connectivity index is 1.90. The number of hydrogen-bond donors (Lipinski definition) is 2. The summed E-state index contributed by atoms with van der Waals surface area (Å²) in [4.78, 5) is 12.8. The molecule has 5 nitrogen and oxygen atoms in total. The Morgan fingerprint density at radius 1 is 1.14 bits per heavy atom. The maximum absolute atomic E-state index is 12.8. The lowest BCUT2D eigenvalue weighted by molar-refractivity contribution is -0.140. The molecule has 1 aliphatic rings. The Morgan fingerprint density at radius 3 is 2.54 bits per heavy atom. The SMILES string of the molecule is CC1=C(C(=O)OCc2ccccc2)[C@H](c2ccccc2OC(F)F)NC(=S)N1. The summed E-state index contributed by atoms with van der Waals surface area (Å²) in [6.07, 6.45) is 0. The van der Waals surface area contributed by atoms with Gasteiger partial charge in [-0.25, -0.2) is 4.79 Å². The second kappa shape index (κ2) is 8.79. The largest absolute Gasteiger partial charge is 0.457 e. The minimum atomic E-state index is -2.99. The lowest BCUT2D eigenvalue weighted by Crippen LogP contribution is -2.45. The fourth-order valence-electron chi connectivity index (χ4n) is 2.92. The van der Waals surface area contributed by atoms with Gasteiger partial charge in [-0.05, 0) is 30.8 Å². The molecule has 8 heteroatoms. The number of esters is 1. The predicted octanol–water partition coefficient (Wildman–Crippen LogP) is 3.82. The third-order valence-corrected chi connectivity index (χ3v) is 4.37. The topological polar surface area (TPSA) is 59.6 Å². The molecule has 0 saturated heterocycles. The third-order valence-electron chi connectivity index (χ3n) is 4.15. The number of allylic oxidation sites excluding steroid dienone is 1. The van der Waals surface area contributed by atoms with Crippen LogP contribution in [0.25, 0.3) is 0 Å². The van der Waals surface area contributed by atoms with Gasteiger partial charge in [0.1, 0.15) is 12.4 Å². The number of para-hydroxylation sites is 1. The molecular weight excluding hydrogens is 386 g/mol. The van der Waals surface area contributed by atoms with Crippen LogP contribution in [0.1, 0.15) is 24.1 Å². The number of benzene rings is 2. The first-order valence-electron chi connectivity index (χ1n) is 8.48. The van der Waals surface area contributed by atoms with Crippen molar-refractivity contribution < 1.29 is 23.0 Å². The molecule has 0 amide bonds. The molecule has 0 fully saturated rings. The van der Waals surface area contributed by atoms with Crippen molar-refractivity contribution in [3.63, 3.8) is 0 Å². The lowest BCUT2D eigenvalue weighted by Gasteiger charge is -2.30. The molecule has 3 rings (SSSR count). The summed E-state index contributed by atoms with van der Waals surface area (Å²) >= 11 is 5.17. The van der Waals surface area contributed by atoms with Crippen LogP contribution in [-0.2, 0) is 16.1 Å². The normalized spacial score (nSPS) is 16.4. The third kappa shape index (κ3) is 4.64. The van der Waals surface area contributed by atoms with Gasteiger partial charge in [0, 0.05) is 11.3 Å². The van der Waals surface area contributed by atoms with E-state index in [1.807, 2.05) is 30.3 Å². The summed E-state index contributed by atoms with van der Waals surface area (Å²) in [7, 11) is 0. The van der Waals surface area contributed by atoms with Crippen LogP contribution < -0.4 is 15.4 Å². The molecule has 0 radical (unpaired) electrons. The molecule has 1 atom stereocenters. The number of rotatable bonds is 6. The summed E-state index contributed by atoms with van der Waals surface area (Å²) in [5.41, 5.74) is 1.92. The van der Waals surface area contributed by atoms with Crippen LogP contribution in [0.2, 0.25) is 0 Å². The Labute approximate surface area is 166 Å². The molecular formula is C20H18F2N2O3S. The highest BCUT2D eigenvalue weighted by atomic mass is 32.1. The maximum Gasteiger partial charge on any atom is 0.387 e.